The highest BCUT2D eigenvalue weighted by molar-refractivity contribution is 5.80. The molecule has 4 nitrogen and oxygen atoms in total. The molecule has 1 N–H and O–H groups in total. The lowest BCUT2D eigenvalue weighted by molar-refractivity contribution is 0.477. The standard InChI is InChI=1S/C37H31N3O/c1-37(2,28-15-5-3-6-16-28)32-23-24-33(31-20-9-10-21-34(31)41)39-36(32)27-14-13-19-30(26-27)40(29-17-7-4-8-18-29)35-22-11-12-25-38-35/h3-26,41H,1-2H3. The van der Waals surface area contributed by atoms with Crippen LogP contribution in [-0.4, -0.2) is 15.1 Å². The van der Waals surface area contributed by atoms with Gasteiger partial charge in [-0.05, 0) is 65.7 Å². The summed E-state index contributed by atoms with van der Waals surface area (Å²) in [5, 5.41) is 10.6. The van der Waals surface area contributed by atoms with Gasteiger partial charge in [-0.1, -0.05) is 98.8 Å². The molecule has 0 bridgehead atoms. The maximum Gasteiger partial charge on any atom is 0.137 e. The predicted molar refractivity (Wildman–Crippen MR) is 168 cm³/mol. The minimum atomic E-state index is -0.322. The van der Waals surface area contributed by atoms with Gasteiger partial charge in [0, 0.05) is 34.1 Å². The van der Waals surface area contributed by atoms with E-state index in [4.69, 9.17) is 4.98 Å². The molecule has 2 heterocycles. The number of pyridine rings is 2. The van der Waals surface area contributed by atoms with E-state index in [9.17, 15) is 5.11 Å². The van der Waals surface area contributed by atoms with Gasteiger partial charge in [-0.2, -0.15) is 0 Å². The Morgan fingerprint density at radius 1 is 0.634 bits per heavy atom. The molecule has 4 heteroatoms. The van der Waals surface area contributed by atoms with Crippen molar-refractivity contribution >= 4 is 17.2 Å². The molecule has 0 saturated carbocycles. The zero-order chi connectivity index (χ0) is 28.2. The second-order valence-corrected chi connectivity index (χ2v) is 10.5. The summed E-state index contributed by atoms with van der Waals surface area (Å²) in [4.78, 5) is 12.0. The van der Waals surface area contributed by atoms with E-state index < -0.39 is 0 Å². The van der Waals surface area contributed by atoms with Crippen molar-refractivity contribution in [1.29, 1.82) is 0 Å². The Labute approximate surface area is 241 Å². The number of benzene rings is 4. The van der Waals surface area contributed by atoms with Crippen molar-refractivity contribution in [2.45, 2.75) is 19.3 Å². The zero-order valence-electron chi connectivity index (χ0n) is 23.1. The van der Waals surface area contributed by atoms with Gasteiger partial charge in [-0.15, -0.1) is 0 Å². The van der Waals surface area contributed by atoms with E-state index in [0.717, 1.165) is 39.7 Å². The van der Waals surface area contributed by atoms with Crippen LogP contribution in [0.25, 0.3) is 22.5 Å². The van der Waals surface area contributed by atoms with E-state index in [0.29, 0.717) is 5.56 Å². The van der Waals surface area contributed by atoms with Gasteiger partial charge < -0.3 is 5.11 Å². The zero-order valence-corrected chi connectivity index (χ0v) is 23.1. The Hall–Kier alpha value is -5.22. The Morgan fingerprint density at radius 2 is 1.32 bits per heavy atom. The number of aromatic hydroxyl groups is 1. The van der Waals surface area contributed by atoms with Crippen LogP contribution in [0.2, 0.25) is 0 Å². The first-order valence-electron chi connectivity index (χ1n) is 13.7. The van der Waals surface area contributed by atoms with Gasteiger partial charge in [0.05, 0.1) is 11.4 Å². The molecule has 0 aliphatic heterocycles. The number of hydrogen-bond donors (Lipinski definition) is 1. The molecule has 6 rings (SSSR count). The average molecular weight is 534 g/mol. The molecule has 0 unspecified atom stereocenters. The molecule has 0 atom stereocenters. The molecule has 0 spiro atoms. The lowest BCUT2D eigenvalue weighted by Crippen LogP contribution is -2.20. The van der Waals surface area contributed by atoms with Gasteiger partial charge >= 0.3 is 0 Å². The van der Waals surface area contributed by atoms with Crippen LogP contribution in [0.4, 0.5) is 17.2 Å². The normalized spacial score (nSPS) is 11.3. The third kappa shape index (κ3) is 5.20. The molecule has 0 fully saturated rings. The lowest BCUT2D eigenvalue weighted by Gasteiger charge is -2.29. The molecule has 0 saturated heterocycles. The maximum absolute atomic E-state index is 10.6. The van der Waals surface area contributed by atoms with Crippen LogP contribution in [-0.2, 0) is 5.41 Å². The molecule has 4 aromatic carbocycles. The van der Waals surface area contributed by atoms with E-state index in [1.165, 1.54) is 5.56 Å². The van der Waals surface area contributed by atoms with Gasteiger partial charge in [0.15, 0.2) is 0 Å². The summed E-state index contributed by atoms with van der Waals surface area (Å²) < 4.78 is 0. The Morgan fingerprint density at radius 3 is 2.05 bits per heavy atom. The quantitative estimate of drug-likeness (QED) is 0.222. The topological polar surface area (TPSA) is 49.3 Å². The monoisotopic (exact) mass is 533 g/mol. The fourth-order valence-electron chi connectivity index (χ4n) is 5.30. The predicted octanol–water partition coefficient (Wildman–Crippen LogP) is 9.31. The van der Waals surface area contributed by atoms with E-state index >= 15 is 0 Å². The first-order valence-corrected chi connectivity index (χ1v) is 13.7. The minimum Gasteiger partial charge on any atom is -0.507 e. The van der Waals surface area contributed by atoms with Gasteiger partial charge in [-0.25, -0.2) is 9.97 Å². The second kappa shape index (κ2) is 11.1. The van der Waals surface area contributed by atoms with Crippen molar-refractivity contribution in [3.8, 4) is 28.3 Å². The lowest BCUT2D eigenvalue weighted by atomic mass is 9.76. The summed E-state index contributed by atoms with van der Waals surface area (Å²) in [5.41, 5.74) is 7.25. The van der Waals surface area contributed by atoms with Gasteiger partial charge in [0.25, 0.3) is 0 Å². The number of phenolic OH excluding ortho intramolecular Hbond substituents is 1. The fraction of sp³-hybridized carbons (Fsp3) is 0.0811. The average Bonchev–Trinajstić information content (AvgIpc) is 3.03. The van der Waals surface area contributed by atoms with Crippen molar-refractivity contribution in [2.75, 3.05) is 4.90 Å². The van der Waals surface area contributed by atoms with Gasteiger partial charge in [-0.3, -0.25) is 4.90 Å². The molecular weight excluding hydrogens is 502 g/mol. The number of nitrogens with zero attached hydrogens (tertiary/aromatic N) is 3. The Bertz CT molecular complexity index is 1730. The number of rotatable bonds is 7. The highest BCUT2D eigenvalue weighted by Crippen LogP contribution is 2.41. The molecule has 0 radical (unpaired) electrons. The smallest absolute Gasteiger partial charge is 0.137 e. The molecule has 0 aliphatic rings. The largest absolute Gasteiger partial charge is 0.507 e. The summed E-state index contributed by atoms with van der Waals surface area (Å²) in [6.07, 6.45) is 1.81. The second-order valence-electron chi connectivity index (χ2n) is 10.5. The molecule has 41 heavy (non-hydrogen) atoms. The van der Waals surface area contributed by atoms with E-state index in [2.05, 4.69) is 90.5 Å². The molecule has 2 aromatic heterocycles. The van der Waals surface area contributed by atoms with E-state index in [1.54, 1.807) is 6.07 Å². The van der Waals surface area contributed by atoms with Crippen molar-refractivity contribution < 1.29 is 5.11 Å². The van der Waals surface area contributed by atoms with Gasteiger partial charge in [0.2, 0.25) is 0 Å². The molecule has 200 valence electrons. The van der Waals surface area contributed by atoms with E-state index in [1.807, 2.05) is 72.9 Å². The summed E-state index contributed by atoms with van der Waals surface area (Å²) in [6.45, 7) is 4.47. The van der Waals surface area contributed by atoms with Gasteiger partial charge in [0.1, 0.15) is 11.6 Å². The number of hydrogen-bond acceptors (Lipinski definition) is 4. The highest BCUT2D eigenvalue weighted by Gasteiger charge is 2.28. The van der Waals surface area contributed by atoms with Crippen molar-refractivity contribution in [3.63, 3.8) is 0 Å². The SMILES string of the molecule is CC(C)(c1ccccc1)c1ccc(-c2ccccc2O)nc1-c1cccc(N(c2ccccc2)c2ccccn2)c1. The first-order chi connectivity index (χ1) is 20.0. The van der Waals surface area contributed by atoms with Crippen molar-refractivity contribution in [3.05, 3.63) is 157 Å². The molecule has 6 aromatic rings. The van der Waals surface area contributed by atoms with Crippen LogP contribution < -0.4 is 4.90 Å². The number of para-hydroxylation sites is 2. The Balaban J connectivity index is 1.55. The first kappa shape index (κ1) is 26.0. The fourth-order valence-corrected chi connectivity index (χ4v) is 5.30. The summed E-state index contributed by atoms with van der Waals surface area (Å²) in [7, 11) is 0. The number of anilines is 3. The van der Waals surface area contributed by atoms with Crippen LogP contribution in [0.15, 0.2) is 146 Å². The Kier molecular flexibility index (Phi) is 7.05. The van der Waals surface area contributed by atoms with Crippen LogP contribution in [0.5, 0.6) is 5.75 Å². The van der Waals surface area contributed by atoms with Crippen LogP contribution in [0, 0.1) is 0 Å². The van der Waals surface area contributed by atoms with Crippen LogP contribution in [0.3, 0.4) is 0 Å². The van der Waals surface area contributed by atoms with E-state index in [-0.39, 0.29) is 11.2 Å². The summed E-state index contributed by atoms with van der Waals surface area (Å²) in [5.74, 6) is 1.04. The molecular formula is C37H31N3O. The third-order valence-corrected chi connectivity index (χ3v) is 7.51. The molecule has 0 aliphatic carbocycles. The molecule has 0 amide bonds. The number of phenols is 1. The van der Waals surface area contributed by atoms with Crippen molar-refractivity contribution in [1.82, 2.24) is 9.97 Å². The van der Waals surface area contributed by atoms with Crippen LogP contribution in [0.1, 0.15) is 25.0 Å². The van der Waals surface area contributed by atoms with Crippen LogP contribution >= 0.6 is 0 Å². The number of aromatic nitrogens is 2. The van der Waals surface area contributed by atoms with Crippen molar-refractivity contribution in [2.24, 2.45) is 0 Å². The minimum absolute atomic E-state index is 0.208. The third-order valence-electron chi connectivity index (χ3n) is 7.51. The summed E-state index contributed by atoms with van der Waals surface area (Å²) in [6, 6.07) is 46.7. The summed E-state index contributed by atoms with van der Waals surface area (Å²) >= 11 is 0. The maximum atomic E-state index is 10.6. The highest BCUT2D eigenvalue weighted by atomic mass is 16.3.